The van der Waals surface area contributed by atoms with Gasteiger partial charge in [0.15, 0.2) is 5.82 Å². The minimum atomic E-state index is 0.506. The second kappa shape index (κ2) is 12.4. The number of hydrogen-bond acceptors (Lipinski definition) is 4. The van der Waals surface area contributed by atoms with E-state index in [4.69, 9.17) is 15.0 Å². The first-order valence-electron chi connectivity index (χ1n) is 19.4. The van der Waals surface area contributed by atoms with Gasteiger partial charge >= 0.3 is 0 Å². The average Bonchev–Trinajstić information content (AvgIpc) is 3.90. The van der Waals surface area contributed by atoms with E-state index in [9.17, 15) is 0 Å². The Bertz CT molecular complexity index is 2810. The average molecular weight is 701 g/mol. The Kier molecular flexibility index (Phi) is 7.19. The summed E-state index contributed by atoms with van der Waals surface area (Å²) in [6.07, 6.45) is 6.22. The van der Waals surface area contributed by atoms with Crippen molar-refractivity contribution in [2.24, 2.45) is 5.92 Å². The number of benzene rings is 6. The van der Waals surface area contributed by atoms with Gasteiger partial charge in [-0.15, -0.1) is 0 Å². The van der Waals surface area contributed by atoms with E-state index in [1.807, 2.05) is 0 Å². The van der Waals surface area contributed by atoms with Gasteiger partial charge < -0.3 is 4.90 Å². The maximum absolute atomic E-state index is 5.47. The Morgan fingerprint density at radius 2 is 1.09 bits per heavy atom. The summed E-state index contributed by atoms with van der Waals surface area (Å²) in [5.74, 6) is 2.75. The van der Waals surface area contributed by atoms with E-state index in [0.29, 0.717) is 29.8 Å². The van der Waals surface area contributed by atoms with Gasteiger partial charge in [-0.2, -0.15) is 15.0 Å². The summed E-state index contributed by atoms with van der Waals surface area (Å²) in [6.45, 7) is 2.35. The van der Waals surface area contributed by atoms with Crippen molar-refractivity contribution in [1.82, 2.24) is 24.1 Å². The topological polar surface area (TPSA) is 51.8 Å². The highest BCUT2D eigenvalue weighted by molar-refractivity contribution is 6.11. The molecule has 0 N–H and O–H groups in total. The van der Waals surface area contributed by atoms with Crippen LogP contribution in [0.5, 0.6) is 0 Å². The molecule has 3 unspecified atom stereocenters. The smallest absolute Gasteiger partial charge is 0.240 e. The Labute approximate surface area is 314 Å². The number of nitrogens with zero attached hydrogens (tertiary/aromatic N) is 6. The first kappa shape index (κ1) is 31.3. The predicted molar refractivity (Wildman–Crippen MR) is 222 cm³/mol. The van der Waals surface area contributed by atoms with Crippen molar-refractivity contribution in [2.75, 3.05) is 4.90 Å². The number of hydrogen-bond donors (Lipinski definition) is 0. The van der Waals surface area contributed by atoms with Crippen LogP contribution in [0.2, 0.25) is 0 Å². The van der Waals surface area contributed by atoms with Crippen molar-refractivity contribution in [3.05, 3.63) is 146 Å². The van der Waals surface area contributed by atoms with Gasteiger partial charge in [0.1, 0.15) is 0 Å². The fourth-order valence-electron chi connectivity index (χ4n) is 9.77. The summed E-state index contributed by atoms with van der Waals surface area (Å²) in [7, 11) is 0. The zero-order valence-corrected chi connectivity index (χ0v) is 30.3. The zero-order valence-electron chi connectivity index (χ0n) is 30.3. The Hall–Kier alpha value is -6.27. The van der Waals surface area contributed by atoms with E-state index in [-0.39, 0.29) is 0 Å². The van der Waals surface area contributed by atoms with Gasteiger partial charge in [0.25, 0.3) is 0 Å². The van der Waals surface area contributed by atoms with Crippen molar-refractivity contribution < 1.29 is 0 Å². The van der Waals surface area contributed by atoms with Gasteiger partial charge in [-0.05, 0) is 91.6 Å². The Morgan fingerprint density at radius 3 is 1.76 bits per heavy atom. The van der Waals surface area contributed by atoms with Gasteiger partial charge in [-0.25, -0.2) is 0 Å². The van der Waals surface area contributed by atoms with Crippen molar-refractivity contribution in [3.63, 3.8) is 0 Å². The van der Waals surface area contributed by atoms with Crippen LogP contribution in [-0.2, 0) is 0 Å². The van der Waals surface area contributed by atoms with Crippen LogP contribution in [0.15, 0.2) is 146 Å². The van der Waals surface area contributed by atoms with E-state index in [1.54, 1.807) is 0 Å². The molecule has 6 nitrogen and oxygen atoms in total. The third-order valence-corrected chi connectivity index (χ3v) is 12.2. The van der Waals surface area contributed by atoms with Gasteiger partial charge in [0.05, 0.1) is 22.1 Å². The molecule has 1 saturated carbocycles. The quantitative estimate of drug-likeness (QED) is 0.173. The number of para-hydroxylation sites is 4. The fraction of sp³-hybridized carbons (Fsp3) is 0.188. The first-order valence-corrected chi connectivity index (χ1v) is 19.4. The van der Waals surface area contributed by atoms with Crippen molar-refractivity contribution in [3.8, 4) is 34.4 Å². The van der Waals surface area contributed by atoms with Crippen molar-refractivity contribution in [2.45, 2.75) is 51.1 Å². The van der Waals surface area contributed by atoms with E-state index in [1.165, 1.54) is 64.0 Å². The standard InChI is InChI=1S/C48H40N6/c1-2-34-28-31-24-26-35(29-31)52(34)44-23-13-9-19-39(44)46-49-47(53-41-20-10-6-16-36(41)37-17-7-11-21-42(37)53)51-48(50-46)54-43-22-12-8-18-38(43)40-30-33(25-27-45(40)54)32-14-4-3-5-15-32/h3-23,25,27,30-31,34-35H,2,24,26,28-29H2,1H3. The second-order valence-electron chi connectivity index (χ2n) is 15.1. The van der Waals surface area contributed by atoms with Crippen LogP contribution in [0.25, 0.3) is 78.0 Å². The summed E-state index contributed by atoms with van der Waals surface area (Å²) >= 11 is 0. The second-order valence-corrected chi connectivity index (χ2v) is 15.1. The molecule has 6 aromatic carbocycles. The molecule has 0 amide bonds. The van der Waals surface area contributed by atoms with Gasteiger partial charge in [0.2, 0.25) is 11.9 Å². The van der Waals surface area contributed by atoms with Crippen LogP contribution in [0.4, 0.5) is 5.69 Å². The Morgan fingerprint density at radius 1 is 0.519 bits per heavy atom. The molecule has 1 aliphatic heterocycles. The lowest BCUT2D eigenvalue weighted by molar-refractivity contribution is 0.351. The van der Waals surface area contributed by atoms with Crippen LogP contribution >= 0.6 is 0 Å². The van der Waals surface area contributed by atoms with Gasteiger partial charge in [-0.1, -0.05) is 110 Å². The minimum absolute atomic E-state index is 0.506. The third-order valence-electron chi connectivity index (χ3n) is 12.2. The van der Waals surface area contributed by atoms with Crippen LogP contribution < -0.4 is 4.90 Å². The van der Waals surface area contributed by atoms with Crippen LogP contribution in [0.3, 0.4) is 0 Å². The molecule has 3 atom stereocenters. The molecule has 6 heteroatoms. The SMILES string of the molecule is CCC1CC2CCC(C2)N1c1ccccc1-c1nc(-n2c3ccccc3c3ccccc32)nc(-n2c3ccccc3c3cc(-c4ccccc4)ccc32)n1. The maximum Gasteiger partial charge on any atom is 0.240 e. The van der Waals surface area contributed by atoms with E-state index >= 15 is 0 Å². The Balaban J connectivity index is 1.20. The van der Waals surface area contributed by atoms with Gasteiger partial charge in [-0.3, -0.25) is 9.13 Å². The molecular weight excluding hydrogens is 661 g/mol. The van der Waals surface area contributed by atoms with Crippen molar-refractivity contribution >= 4 is 49.3 Å². The number of anilines is 1. The summed E-state index contributed by atoms with van der Waals surface area (Å²) in [4.78, 5) is 19.1. The molecular formula is C48H40N6. The first-order chi connectivity index (χ1) is 26.7. The summed E-state index contributed by atoms with van der Waals surface area (Å²) in [5.41, 5.74) is 8.94. The number of piperidine rings is 1. The molecule has 0 radical (unpaired) electrons. The van der Waals surface area contributed by atoms with E-state index in [0.717, 1.165) is 40.0 Å². The highest BCUT2D eigenvalue weighted by Gasteiger charge is 2.40. The molecule has 0 spiro atoms. The molecule has 2 bridgehead atoms. The van der Waals surface area contributed by atoms with Crippen LogP contribution in [-0.4, -0.2) is 36.2 Å². The third kappa shape index (κ3) is 4.82. The molecule has 1 saturated heterocycles. The summed E-state index contributed by atoms with van der Waals surface area (Å²) in [6, 6.07) is 53.0. The van der Waals surface area contributed by atoms with Crippen LogP contribution in [0.1, 0.15) is 39.0 Å². The number of aromatic nitrogens is 5. The van der Waals surface area contributed by atoms with Crippen LogP contribution in [0, 0.1) is 5.92 Å². The fourth-order valence-corrected chi connectivity index (χ4v) is 9.77. The lowest BCUT2D eigenvalue weighted by atomic mass is 9.90. The predicted octanol–water partition coefficient (Wildman–Crippen LogP) is 11.6. The largest absolute Gasteiger partial charge is 0.365 e. The molecule has 2 aliphatic rings. The molecule has 4 heterocycles. The monoisotopic (exact) mass is 700 g/mol. The molecule has 3 aromatic heterocycles. The molecule has 54 heavy (non-hydrogen) atoms. The highest BCUT2D eigenvalue weighted by Crippen LogP contribution is 2.45. The summed E-state index contributed by atoms with van der Waals surface area (Å²) < 4.78 is 4.46. The molecule has 1 aliphatic carbocycles. The normalized spacial score (nSPS) is 18.4. The maximum atomic E-state index is 5.47. The molecule has 9 aromatic rings. The zero-order chi connectivity index (χ0) is 35.8. The molecule has 262 valence electrons. The lowest BCUT2D eigenvalue weighted by Gasteiger charge is -2.43. The molecule has 11 rings (SSSR count). The van der Waals surface area contributed by atoms with E-state index < -0.39 is 0 Å². The summed E-state index contributed by atoms with van der Waals surface area (Å²) in [5, 5.41) is 4.69. The minimum Gasteiger partial charge on any atom is -0.365 e. The highest BCUT2D eigenvalue weighted by atomic mass is 15.3. The number of fused-ring (bicyclic) bond motifs is 8. The molecule has 2 fully saturated rings. The van der Waals surface area contributed by atoms with E-state index in [2.05, 4.69) is 167 Å². The van der Waals surface area contributed by atoms with Gasteiger partial charge in [0, 0.05) is 44.9 Å². The number of rotatable bonds is 6. The lowest BCUT2D eigenvalue weighted by Crippen LogP contribution is -2.46. The van der Waals surface area contributed by atoms with Crippen molar-refractivity contribution in [1.29, 1.82) is 0 Å².